The number of hydrogen-bond donors (Lipinski definition) is 0. The van der Waals surface area contributed by atoms with Gasteiger partial charge in [0.25, 0.3) is 0 Å². The van der Waals surface area contributed by atoms with Gasteiger partial charge in [-0.2, -0.15) is 0 Å². The Balaban J connectivity index is 2.83. The molecule has 1 nitrogen and oxygen atoms in total. The van der Waals surface area contributed by atoms with Gasteiger partial charge in [0.05, 0.1) is 12.0 Å². The quantitative estimate of drug-likeness (QED) is 0.681. The summed E-state index contributed by atoms with van der Waals surface area (Å²) in [4.78, 5) is 0. The summed E-state index contributed by atoms with van der Waals surface area (Å²) < 4.78 is 5.91. The average Bonchev–Trinajstić information content (AvgIpc) is 2.27. The molecule has 0 aromatic heterocycles. The summed E-state index contributed by atoms with van der Waals surface area (Å²) in [6, 6.07) is 6.17. The van der Waals surface area contributed by atoms with Gasteiger partial charge in [-0.3, -0.25) is 0 Å². The molecule has 0 amide bonds. The van der Waals surface area contributed by atoms with Gasteiger partial charge in [0, 0.05) is 5.56 Å². The molecule has 0 atom stereocenters. The molecule has 84 valence electrons. The van der Waals surface area contributed by atoms with Crippen molar-refractivity contribution in [3.8, 4) is 5.75 Å². The highest BCUT2D eigenvalue weighted by atomic mass is 35.5. The van der Waals surface area contributed by atoms with Crippen LogP contribution >= 0.6 is 11.6 Å². The van der Waals surface area contributed by atoms with Crippen LogP contribution in [0.3, 0.4) is 0 Å². The van der Waals surface area contributed by atoms with E-state index >= 15 is 0 Å². The van der Waals surface area contributed by atoms with Gasteiger partial charge >= 0.3 is 0 Å². The molecule has 15 heavy (non-hydrogen) atoms. The van der Waals surface area contributed by atoms with Crippen molar-refractivity contribution in [3.63, 3.8) is 0 Å². The Labute approximate surface area is 97.4 Å². The highest BCUT2D eigenvalue weighted by Gasteiger charge is 2.08. The van der Waals surface area contributed by atoms with E-state index < -0.39 is 0 Å². The molecule has 1 aromatic rings. The zero-order valence-corrected chi connectivity index (χ0v) is 10.5. The van der Waals surface area contributed by atoms with Crippen LogP contribution in [0.1, 0.15) is 37.8 Å². The van der Waals surface area contributed by atoms with Crippen molar-refractivity contribution in [3.05, 3.63) is 29.3 Å². The maximum Gasteiger partial charge on any atom is 0.124 e. The molecule has 0 saturated heterocycles. The largest absolute Gasteiger partial charge is 0.490 e. The molecule has 2 heteroatoms. The summed E-state index contributed by atoms with van der Waals surface area (Å²) in [5.41, 5.74) is 2.31. The van der Waals surface area contributed by atoms with Crippen LogP contribution in [0, 0.1) is 6.92 Å². The van der Waals surface area contributed by atoms with Crippen molar-refractivity contribution in [1.29, 1.82) is 0 Å². The van der Waals surface area contributed by atoms with Crippen molar-refractivity contribution in [2.24, 2.45) is 0 Å². The summed E-state index contributed by atoms with van der Waals surface area (Å²) in [6.07, 6.45) is 2.37. The highest BCUT2D eigenvalue weighted by molar-refractivity contribution is 6.17. The maximum atomic E-state index is 5.91. The standard InChI is InChI=1S/C13H19ClO/c1-4-12(5-2)15-13-7-6-10(3)8-11(13)9-14/h6-8,12H,4-5,9H2,1-3H3. The van der Waals surface area contributed by atoms with Crippen molar-refractivity contribution in [2.45, 2.75) is 45.6 Å². The van der Waals surface area contributed by atoms with Gasteiger partial charge in [-0.15, -0.1) is 11.6 Å². The van der Waals surface area contributed by atoms with Crippen LogP contribution in [0.2, 0.25) is 0 Å². The number of alkyl halides is 1. The van der Waals surface area contributed by atoms with Gasteiger partial charge in [0.1, 0.15) is 5.75 Å². The first-order chi connectivity index (χ1) is 7.21. The van der Waals surface area contributed by atoms with E-state index in [0.29, 0.717) is 12.0 Å². The minimum atomic E-state index is 0.301. The molecule has 0 fully saturated rings. The monoisotopic (exact) mass is 226 g/mol. The van der Waals surface area contributed by atoms with E-state index in [0.717, 1.165) is 24.2 Å². The predicted octanol–water partition coefficient (Wildman–Crippen LogP) is 4.30. The lowest BCUT2D eigenvalue weighted by atomic mass is 10.1. The normalized spacial score (nSPS) is 10.7. The number of halogens is 1. The molecule has 0 aliphatic rings. The summed E-state index contributed by atoms with van der Waals surface area (Å²) >= 11 is 5.89. The van der Waals surface area contributed by atoms with E-state index in [-0.39, 0.29) is 0 Å². The lowest BCUT2D eigenvalue weighted by molar-refractivity contribution is 0.191. The zero-order chi connectivity index (χ0) is 11.3. The Kier molecular flexibility index (Phi) is 4.97. The highest BCUT2D eigenvalue weighted by Crippen LogP contribution is 2.24. The third kappa shape index (κ3) is 3.42. The Morgan fingerprint density at radius 3 is 2.47 bits per heavy atom. The van der Waals surface area contributed by atoms with Crippen LogP contribution in [-0.4, -0.2) is 6.10 Å². The average molecular weight is 227 g/mol. The van der Waals surface area contributed by atoms with Gasteiger partial charge in [-0.1, -0.05) is 31.5 Å². The smallest absolute Gasteiger partial charge is 0.124 e. The second-order valence-corrected chi connectivity index (χ2v) is 4.07. The molecule has 0 heterocycles. The van der Waals surface area contributed by atoms with E-state index in [4.69, 9.17) is 16.3 Å². The van der Waals surface area contributed by atoms with E-state index in [9.17, 15) is 0 Å². The summed E-state index contributed by atoms with van der Waals surface area (Å²) in [7, 11) is 0. The summed E-state index contributed by atoms with van der Waals surface area (Å²) in [5.74, 6) is 1.45. The molecular weight excluding hydrogens is 208 g/mol. The molecule has 0 spiro atoms. The van der Waals surface area contributed by atoms with Gasteiger partial charge in [-0.05, 0) is 25.8 Å². The number of aryl methyl sites for hydroxylation is 1. The van der Waals surface area contributed by atoms with Crippen LogP contribution in [-0.2, 0) is 5.88 Å². The lowest BCUT2D eigenvalue weighted by Crippen LogP contribution is -2.14. The van der Waals surface area contributed by atoms with Gasteiger partial charge in [0.2, 0.25) is 0 Å². The van der Waals surface area contributed by atoms with E-state index in [1.54, 1.807) is 0 Å². The van der Waals surface area contributed by atoms with Crippen molar-refractivity contribution >= 4 is 11.6 Å². The first kappa shape index (κ1) is 12.4. The van der Waals surface area contributed by atoms with E-state index in [2.05, 4.69) is 32.9 Å². The Morgan fingerprint density at radius 2 is 1.93 bits per heavy atom. The van der Waals surface area contributed by atoms with Crippen LogP contribution in [0.4, 0.5) is 0 Å². The maximum absolute atomic E-state index is 5.91. The fourth-order valence-corrected chi connectivity index (χ4v) is 1.77. The van der Waals surface area contributed by atoms with Crippen LogP contribution in [0.15, 0.2) is 18.2 Å². The number of ether oxygens (including phenoxy) is 1. The fourth-order valence-electron chi connectivity index (χ4n) is 1.56. The Hall–Kier alpha value is -0.690. The molecule has 0 bridgehead atoms. The first-order valence-corrected chi connectivity index (χ1v) is 6.06. The SMILES string of the molecule is CCC(CC)Oc1ccc(C)cc1CCl. The lowest BCUT2D eigenvalue weighted by Gasteiger charge is -2.18. The van der Waals surface area contributed by atoms with Crippen LogP contribution in [0.25, 0.3) is 0 Å². The Bertz CT molecular complexity index is 305. The molecule has 0 saturated carbocycles. The van der Waals surface area contributed by atoms with Crippen LogP contribution < -0.4 is 4.74 Å². The minimum absolute atomic E-state index is 0.301. The minimum Gasteiger partial charge on any atom is -0.490 e. The Morgan fingerprint density at radius 1 is 1.27 bits per heavy atom. The molecule has 0 radical (unpaired) electrons. The number of rotatable bonds is 5. The third-order valence-electron chi connectivity index (χ3n) is 2.56. The van der Waals surface area contributed by atoms with Crippen molar-refractivity contribution in [2.75, 3.05) is 0 Å². The van der Waals surface area contributed by atoms with Gasteiger partial charge < -0.3 is 4.74 Å². The molecular formula is C13H19ClO. The summed E-state index contributed by atoms with van der Waals surface area (Å²) in [6.45, 7) is 6.35. The van der Waals surface area contributed by atoms with Crippen molar-refractivity contribution < 1.29 is 4.74 Å². The van der Waals surface area contributed by atoms with Gasteiger partial charge in [-0.25, -0.2) is 0 Å². The summed E-state index contributed by atoms with van der Waals surface area (Å²) in [5, 5.41) is 0. The molecule has 0 aliphatic heterocycles. The number of benzene rings is 1. The first-order valence-electron chi connectivity index (χ1n) is 5.53. The van der Waals surface area contributed by atoms with E-state index in [1.165, 1.54) is 5.56 Å². The van der Waals surface area contributed by atoms with E-state index in [1.807, 2.05) is 6.07 Å². The second-order valence-electron chi connectivity index (χ2n) is 3.80. The van der Waals surface area contributed by atoms with Crippen molar-refractivity contribution in [1.82, 2.24) is 0 Å². The van der Waals surface area contributed by atoms with Gasteiger partial charge in [0.15, 0.2) is 0 Å². The molecule has 0 N–H and O–H groups in total. The molecule has 1 aromatic carbocycles. The topological polar surface area (TPSA) is 9.23 Å². The van der Waals surface area contributed by atoms with Crippen LogP contribution in [0.5, 0.6) is 5.75 Å². The molecule has 1 rings (SSSR count). The fraction of sp³-hybridized carbons (Fsp3) is 0.538. The molecule has 0 unspecified atom stereocenters. The number of hydrogen-bond acceptors (Lipinski definition) is 1. The molecule has 0 aliphatic carbocycles. The zero-order valence-electron chi connectivity index (χ0n) is 9.72. The second kappa shape index (κ2) is 6.02. The third-order valence-corrected chi connectivity index (χ3v) is 2.85. The predicted molar refractivity (Wildman–Crippen MR) is 65.7 cm³/mol.